The third-order valence-electron chi connectivity index (χ3n) is 3.36. The number of carbonyl (C=O) groups is 1. The van der Waals surface area contributed by atoms with Gasteiger partial charge in [-0.3, -0.25) is 9.78 Å². The van der Waals surface area contributed by atoms with Crippen molar-refractivity contribution in [3.8, 4) is 0 Å². The lowest BCUT2D eigenvalue weighted by Gasteiger charge is -2.35. The fourth-order valence-corrected chi connectivity index (χ4v) is 2.30. The number of aryl methyl sites for hydroxylation is 1. The van der Waals surface area contributed by atoms with Crippen molar-refractivity contribution in [2.45, 2.75) is 6.92 Å². The van der Waals surface area contributed by atoms with Crippen LogP contribution in [0.25, 0.3) is 0 Å². The van der Waals surface area contributed by atoms with Crippen LogP contribution in [0.4, 0.5) is 5.82 Å². The van der Waals surface area contributed by atoms with E-state index in [1.165, 1.54) is 6.20 Å². The molecule has 1 aliphatic rings. The predicted molar refractivity (Wildman–Crippen MR) is 71.3 cm³/mol. The summed E-state index contributed by atoms with van der Waals surface area (Å²) in [5, 5.41) is 9.93. The molecule has 0 saturated carbocycles. The molecule has 1 fully saturated rings. The summed E-state index contributed by atoms with van der Waals surface area (Å²) in [5.74, 6) is 0.801. The Hall–Kier alpha value is -2.51. The maximum Gasteiger partial charge on any atom is 0.276 e. The van der Waals surface area contributed by atoms with Gasteiger partial charge in [-0.2, -0.15) is 15.4 Å². The highest BCUT2D eigenvalue weighted by atomic mass is 16.2. The van der Waals surface area contributed by atoms with E-state index >= 15 is 0 Å². The maximum absolute atomic E-state index is 12.1. The highest BCUT2D eigenvalue weighted by Crippen LogP contribution is 2.16. The van der Waals surface area contributed by atoms with E-state index in [2.05, 4.69) is 30.3 Å². The molecular formula is C12H15N7O. The Morgan fingerprint density at radius 3 is 2.60 bits per heavy atom. The average molecular weight is 273 g/mol. The van der Waals surface area contributed by atoms with Crippen LogP contribution in [0.1, 0.15) is 16.2 Å². The van der Waals surface area contributed by atoms with Gasteiger partial charge in [-0.1, -0.05) is 0 Å². The Morgan fingerprint density at radius 2 is 1.95 bits per heavy atom. The molecule has 0 aromatic carbocycles. The van der Waals surface area contributed by atoms with E-state index in [0.717, 1.165) is 24.6 Å². The molecule has 1 aliphatic heterocycles. The minimum Gasteiger partial charge on any atom is -0.352 e. The van der Waals surface area contributed by atoms with Crippen LogP contribution in [0, 0.1) is 6.92 Å². The lowest BCUT2D eigenvalue weighted by atomic mass is 10.2. The minimum absolute atomic E-state index is 0.0886. The molecule has 1 saturated heterocycles. The first-order valence-electron chi connectivity index (χ1n) is 6.43. The molecule has 2 aromatic rings. The molecule has 0 spiro atoms. The second-order valence-corrected chi connectivity index (χ2v) is 4.60. The number of nitrogens with one attached hydrogen (secondary N) is 1. The van der Waals surface area contributed by atoms with Gasteiger partial charge < -0.3 is 9.80 Å². The van der Waals surface area contributed by atoms with Gasteiger partial charge in [0, 0.05) is 38.6 Å². The molecule has 1 N–H and O–H groups in total. The van der Waals surface area contributed by atoms with Crippen molar-refractivity contribution in [3.63, 3.8) is 0 Å². The molecule has 1 amide bonds. The zero-order valence-corrected chi connectivity index (χ0v) is 11.2. The molecule has 2 aromatic heterocycles. The zero-order valence-electron chi connectivity index (χ0n) is 11.2. The number of amides is 1. The largest absolute Gasteiger partial charge is 0.352 e. The van der Waals surface area contributed by atoms with Gasteiger partial charge in [-0.15, -0.1) is 0 Å². The van der Waals surface area contributed by atoms with E-state index in [1.54, 1.807) is 17.3 Å². The second-order valence-electron chi connectivity index (χ2n) is 4.60. The summed E-state index contributed by atoms with van der Waals surface area (Å²) in [5.41, 5.74) is 1.26. The molecule has 0 atom stereocenters. The molecule has 8 nitrogen and oxygen atoms in total. The normalized spacial score (nSPS) is 15.4. The quantitative estimate of drug-likeness (QED) is 0.819. The van der Waals surface area contributed by atoms with Crippen LogP contribution < -0.4 is 4.90 Å². The Morgan fingerprint density at radius 1 is 1.20 bits per heavy atom. The summed E-state index contributed by atoms with van der Waals surface area (Å²) < 4.78 is 0. The van der Waals surface area contributed by atoms with E-state index in [-0.39, 0.29) is 5.91 Å². The Labute approximate surface area is 115 Å². The number of carbonyl (C=O) groups excluding carboxylic acids is 1. The van der Waals surface area contributed by atoms with Crippen molar-refractivity contribution in [2.24, 2.45) is 0 Å². The van der Waals surface area contributed by atoms with Crippen LogP contribution in [-0.4, -0.2) is 62.4 Å². The standard InChI is InChI=1S/C12H15N7O/c1-9-11(14-3-2-13-9)18-4-6-19(7-5-18)12(20)10-8-15-17-16-10/h2-3,8H,4-7H2,1H3,(H,15,16,17). The van der Waals surface area contributed by atoms with Gasteiger partial charge in [-0.05, 0) is 6.92 Å². The van der Waals surface area contributed by atoms with Gasteiger partial charge in [0.2, 0.25) is 0 Å². The first-order valence-corrected chi connectivity index (χ1v) is 6.43. The minimum atomic E-state index is -0.0886. The number of piperazine rings is 1. The van der Waals surface area contributed by atoms with Crippen LogP contribution in [0.2, 0.25) is 0 Å². The van der Waals surface area contributed by atoms with Crippen molar-refractivity contribution in [2.75, 3.05) is 31.1 Å². The van der Waals surface area contributed by atoms with E-state index in [0.29, 0.717) is 18.8 Å². The third-order valence-corrected chi connectivity index (χ3v) is 3.36. The van der Waals surface area contributed by atoms with Crippen molar-refractivity contribution >= 4 is 11.7 Å². The van der Waals surface area contributed by atoms with Gasteiger partial charge in [0.05, 0.1) is 11.9 Å². The summed E-state index contributed by atoms with van der Waals surface area (Å²) in [6.07, 6.45) is 4.82. The van der Waals surface area contributed by atoms with Crippen LogP contribution in [0.3, 0.4) is 0 Å². The summed E-state index contributed by atoms with van der Waals surface area (Å²) >= 11 is 0. The predicted octanol–water partition coefficient (Wildman–Crippen LogP) is -0.134. The van der Waals surface area contributed by atoms with Gasteiger partial charge >= 0.3 is 0 Å². The fourth-order valence-electron chi connectivity index (χ4n) is 2.30. The number of anilines is 1. The molecule has 0 bridgehead atoms. The molecule has 0 unspecified atom stereocenters. The highest BCUT2D eigenvalue weighted by molar-refractivity contribution is 5.92. The van der Waals surface area contributed by atoms with Gasteiger partial charge in [0.1, 0.15) is 5.82 Å². The van der Waals surface area contributed by atoms with Crippen molar-refractivity contribution < 1.29 is 4.79 Å². The summed E-state index contributed by atoms with van der Waals surface area (Å²) in [6, 6.07) is 0. The first kappa shape index (κ1) is 12.5. The number of nitrogens with zero attached hydrogens (tertiary/aromatic N) is 6. The van der Waals surface area contributed by atoms with Crippen LogP contribution in [-0.2, 0) is 0 Å². The van der Waals surface area contributed by atoms with Gasteiger partial charge in [0.15, 0.2) is 5.69 Å². The fraction of sp³-hybridized carbons (Fsp3) is 0.417. The van der Waals surface area contributed by atoms with Gasteiger partial charge in [0.25, 0.3) is 5.91 Å². The van der Waals surface area contributed by atoms with Crippen molar-refractivity contribution in [1.29, 1.82) is 0 Å². The van der Waals surface area contributed by atoms with Crippen LogP contribution >= 0.6 is 0 Å². The monoisotopic (exact) mass is 273 g/mol. The average Bonchev–Trinajstić information content (AvgIpc) is 3.01. The summed E-state index contributed by atoms with van der Waals surface area (Å²) in [7, 11) is 0. The molecule has 0 aliphatic carbocycles. The highest BCUT2D eigenvalue weighted by Gasteiger charge is 2.24. The number of hydrogen-bond acceptors (Lipinski definition) is 6. The van der Waals surface area contributed by atoms with Crippen molar-refractivity contribution in [1.82, 2.24) is 30.3 Å². The lowest BCUT2D eigenvalue weighted by molar-refractivity contribution is 0.0740. The first-order chi connectivity index (χ1) is 9.75. The number of aromatic amines is 1. The topological polar surface area (TPSA) is 90.9 Å². The number of hydrogen-bond donors (Lipinski definition) is 1. The van der Waals surface area contributed by atoms with E-state index in [9.17, 15) is 4.79 Å². The number of H-pyrrole nitrogens is 1. The Bertz CT molecular complexity index is 590. The molecule has 3 rings (SSSR count). The summed E-state index contributed by atoms with van der Waals surface area (Å²) in [6.45, 7) is 4.70. The van der Waals surface area contributed by atoms with Crippen LogP contribution in [0.5, 0.6) is 0 Å². The molecule has 3 heterocycles. The van der Waals surface area contributed by atoms with E-state index in [4.69, 9.17) is 0 Å². The van der Waals surface area contributed by atoms with Gasteiger partial charge in [-0.25, -0.2) is 4.98 Å². The molecule has 0 radical (unpaired) electrons. The number of aromatic nitrogens is 5. The summed E-state index contributed by atoms with van der Waals surface area (Å²) in [4.78, 5) is 24.6. The lowest BCUT2D eigenvalue weighted by Crippen LogP contribution is -2.49. The number of rotatable bonds is 2. The van der Waals surface area contributed by atoms with E-state index in [1.807, 2.05) is 6.92 Å². The Kier molecular flexibility index (Phi) is 3.28. The van der Waals surface area contributed by atoms with E-state index < -0.39 is 0 Å². The SMILES string of the molecule is Cc1nccnc1N1CCN(C(=O)c2cn[nH]n2)CC1. The molecule has 104 valence electrons. The van der Waals surface area contributed by atoms with Crippen molar-refractivity contribution in [3.05, 3.63) is 30.0 Å². The molecule has 8 heteroatoms. The second kappa shape index (κ2) is 5.24. The molecular weight excluding hydrogens is 258 g/mol. The smallest absolute Gasteiger partial charge is 0.276 e. The zero-order chi connectivity index (χ0) is 13.9. The Balaban J connectivity index is 1.65. The maximum atomic E-state index is 12.1. The van der Waals surface area contributed by atoms with Crippen LogP contribution in [0.15, 0.2) is 18.6 Å². The molecule has 20 heavy (non-hydrogen) atoms. The third kappa shape index (κ3) is 2.31.